The average molecular weight is 255 g/mol. The lowest BCUT2D eigenvalue weighted by molar-refractivity contribution is -0.123. The summed E-state index contributed by atoms with van der Waals surface area (Å²) in [6.45, 7) is 4.33. The molecule has 0 heterocycles. The highest BCUT2D eigenvalue weighted by atomic mass is 35.5. The zero-order chi connectivity index (χ0) is 11.8. The molecule has 0 fully saturated rings. The van der Waals surface area contributed by atoms with E-state index < -0.39 is 0 Å². The molecule has 2 rings (SSSR count). The second-order valence-corrected chi connectivity index (χ2v) is 5.16. The summed E-state index contributed by atoms with van der Waals surface area (Å²) in [5, 5.41) is 2.90. The zero-order valence-electron chi connectivity index (χ0n) is 10.2. The molecule has 0 saturated carbocycles. The Morgan fingerprint density at radius 3 is 2.71 bits per heavy atom. The number of halogens is 1. The first-order chi connectivity index (χ1) is 7.47. The van der Waals surface area contributed by atoms with Crippen LogP contribution in [0.15, 0.2) is 24.3 Å². The Kier molecular flexibility index (Phi) is 4.17. The van der Waals surface area contributed by atoms with Crippen LogP contribution in [-0.2, 0) is 11.2 Å². The Morgan fingerprint density at radius 2 is 2.12 bits per heavy atom. The number of amides is 1. The number of carbonyl (C=O) groups is 1. The van der Waals surface area contributed by atoms with E-state index in [-0.39, 0.29) is 29.8 Å². The summed E-state index contributed by atoms with van der Waals surface area (Å²) in [5.41, 5.74) is 7.92. The van der Waals surface area contributed by atoms with Crippen molar-refractivity contribution < 1.29 is 4.79 Å². The summed E-state index contributed by atoms with van der Waals surface area (Å²) >= 11 is 0. The predicted octanol–water partition coefficient (Wildman–Crippen LogP) is 1.60. The normalized spacial score (nSPS) is 17.5. The zero-order valence-corrected chi connectivity index (χ0v) is 11.0. The second-order valence-electron chi connectivity index (χ2n) is 5.16. The van der Waals surface area contributed by atoms with Crippen molar-refractivity contribution in [1.29, 1.82) is 0 Å². The fourth-order valence-electron chi connectivity index (χ4n) is 1.93. The van der Waals surface area contributed by atoms with Crippen LogP contribution in [0.1, 0.15) is 30.9 Å². The van der Waals surface area contributed by atoms with Gasteiger partial charge in [-0.05, 0) is 31.4 Å². The maximum Gasteiger partial charge on any atom is 0.227 e. The van der Waals surface area contributed by atoms with E-state index in [4.69, 9.17) is 5.73 Å². The van der Waals surface area contributed by atoms with E-state index in [2.05, 4.69) is 11.4 Å². The van der Waals surface area contributed by atoms with Gasteiger partial charge >= 0.3 is 0 Å². The molecule has 1 aliphatic carbocycles. The minimum atomic E-state index is -0.348. The summed E-state index contributed by atoms with van der Waals surface area (Å²) in [6, 6.07) is 8.09. The standard InChI is InChI=1S/C13H18N2O.ClH/c1-13(2,14)8-15-12(16)11-7-9-5-3-4-6-10(9)11;/h3-6,11H,7-8,14H2,1-2H3,(H,15,16);1H. The van der Waals surface area contributed by atoms with Crippen LogP contribution in [0.3, 0.4) is 0 Å². The number of nitrogens with two attached hydrogens (primary N) is 1. The van der Waals surface area contributed by atoms with Crippen LogP contribution >= 0.6 is 12.4 Å². The number of hydrogen-bond donors (Lipinski definition) is 2. The summed E-state index contributed by atoms with van der Waals surface area (Å²) in [6.07, 6.45) is 0.854. The fourth-order valence-corrected chi connectivity index (χ4v) is 1.93. The van der Waals surface area contributed by atoms with Gasteiger partial charge in [0.2, 0.25) is 5.91 Å². The third kappa shape index (κ3) is 3.20. The van der Waals surface area contributed by atoms with Crippen molar-refractivity contribution in [3.05, 3.63) is 35.4 Å². The van der Waals surface area contributed by atoms with Crippen LogP contribution < -0.4 is 11.1 Å². The first-order valence-corrected chi connectivity index (χ1v) is 5.62. The summed E-state index contributed by atoms with van der Waals surface area (Å²) in [7, 11) is 0. The molecule has 1 atom stereocenters. The fraction of sp³-hybridized carbons (Fsp3) is 0.462. The lowest BCUT2D eigenvalue weighted by Crippen LogP contribution is -2.47. The van der Waals surface area contributed by atoms with Crippen molar-refractivity contribution in [2.24, 2.45) is 5.73 Å². The van der Waals surface area contributed by atoms with Crippen molar-refractivity contribution in [1.82, 2.24) is 5.32 Å². The third-order valence-corrected chi connectivity index (χ3v) is 2.89. The van der Waals surface area contributed by atoms with Crippen LogP contribution in [0.4, 0.5) is 0 Å². The van der Waals surface area contributed by atoms with Gasteiger partial charge in [-0.3, -0.25) is 4.79 Å². The van der Waals surface area contributed by atoms with E-state index in [9.17, 15) is 4.79 Å². The van der Waals surface area contributed by atoms with Gasteiger partial charge in [-0.2, -0.15) is 0 Å². The van der Waals surface area contributed by atoms with Crippen LogP contribution in [-0.4, -0.2) is 18.0 Å². The van der Waals surface area contributed by atoms with Crippen LogP contribution in [0.25, 0.3) is 0 Å². The van der Waals surface area contributed by atoms with E-state index in [1.54, 1.807) is 0 Å². The Balaban J connectivity index is 0.00000144. The molecule has 0 bridgehead atoms. The van der Waals surface area contributed by atoms with Gasteiger partial charge in [-0.1, -0.05) is 24.3 Å². The van der Waals surface area contributed by atoms with Gasteiger partial charge < -0.3 is 11.1 Å². The summed E-state index contributed by atoms with van der Waals surface area (Å²) < 4.78 is 0. The van der Waals surface area contributed by atoms with Gasteiger partial charge in [0.1, 0.15) is 0 Å². The second kappa shape index (κ2) is 5.07. The largest absolute Gasteiger partial charge is 0.354 e. The molecule has 3 nitrogen and oxygen atoms in total. The van der Waals surface area contributed by atoms with E-state index in [1.165, 1.54) is 5.56 Å². The first kappa shape index (κ1) is 14.0. The van der Waals surface area contributed by atoms with Gasteiger partial charge in [0, 0.05) is 12.1 Å². The molecule has 0 radical (unpaired) electrons. The minimum absolute atomic E-state index is 0. The third-order valence-electron chi connectivity index (χ3n) is 2.89. The van der Waals surface area contributed by atoms with E-state index in [1.807, 2.05) is 32.0 Å². The van der Waals surface area contributed by atoms with E-state index in [0.29, 0.717) is 6.54 Å². The molecule has 0 saturated heterocycles. The molecule has 17 heavy (non-hydrogen) atoms. The average Bonchev–Trinajstić information content (AvgIpc) is 2.16. The number of nitrogens with one attached hydrogen (secondary N) is 1. The van der Waals surface area contributed by atoms with Gasteiger partial charge in [-0.15, -0.1) is 12.4 Å². The van der Waals surface area contributed by atoms with Crippen LogP contribution in [0, 0.1) is 0 Å². The quantitative estimate of drug-likeness (QED) is 0.861. The highest BCUT2D eigenvalue weighted by Crippen LogP contribution is 2.34. The summed E-state index contributed by atoms with van der Waals surface area (Å²) in [5.74, 6) is 0.121. The Labute approximate surface area is 108 Å². The van der Waals surface area contributed by atoms with Crippen molar-refractivity contribution >= 4 is 18.3 Å². The maximum absolute atomic E-state index is 11.9. The first-order valence-electron chi connectivity index (χ1n) is 5.62. The molecule has 4 heteroatoms. The van der Waals surface area contributed by atoms with Crippen LogP contribution in [0.5, 0.6) is 0 Å². The van der Waals surface area contributed by atoms with Crippen molar-refractivity contribution in [2.75, 3.05) is 6.54 Å². The number of fused-ring (bicyclic) bond motifs is 1. The topological polar surface area (TPSA) is 55.1 Å². The number of rotatable bonds is 3. The molecule has 94 valence electrons. The molecule has 1 aromatic rings. The molecule has 1 unspecified atom stereocenters. The number of benzene rings is 1. The molecule has 0 aliphatic heterocycles. The molecule has 3 N–H and O–H groups in total. The summed E-state index contributed by atoms with van der Waals surface area (Å²) in [4.78, 5) is 11.9. The molecule has 0 aromatic heterocycles. The lowest BCUT2D eigenvalue weighted by Gasteiger charge is -2.30. The molecule has 1 aliphatic rings. The Bertz CT molecular complexity index is 412. The van der Waals surface area contributed by atoms with E-state index in [0.717, 1.165) is 12.0 Å². The molecule has 0 spiro atoms. The van der Waals surface area contributed by atoms with Gasteiger partial charge in [0.25, 0.3) is 0 Å². The lowest BCUT2D eigenvalue weighted by atomic mass is 9.77. The van der Waals surface area contributed by atoms with Crippen LogP contribution in [0.2, 0.25) is 0 Å². The van der Waals surface area contributed by atoms with Crippen molar-refractivity contribution in [2.45, 2.75) is 31.7 Å². The Hall–Kier alpha value is -1.06. The van der Waals surface area contributed by atoms with E-state index >= 15 is 0 Å². The SMILES string of the molecule is CC(C)(N)CNC(=O)C1Cc2ccccc21.Cl. The predicted molar refractivity (Wildman–Crippen MR) is 71.4 cm³/mol. The van der Waals surface area contributed by atoms with Gasteiger partial charge in [-0.25, -0.2) is 0 Å². The molecule has 1 amide bonds. The molecular formula is C13H19ClN2O. The maximum atomic E-state index is 11.9. The van der Waals surface area contributed by atoms with Gasteiger partial charge in [0.05, 0.1) is 5.92 Å². The smallest absolute Gasteiger partial charge is 0.227 e. The number of hydrogen-bond acceptors (Lipinski definition) is 2. The minimum Gasteiger partial charge on any atom is -0.354 e. The number of carbonyl (C=O) groups excluding carboxylic acids is 1. The monoisotopic (exact) mass is 254 g/mol. The molecule has 1 aromatic carbocycles. The highest BCUT2D eigenvalue weighted by molar-refractivity contribution is 5.86. The van der Waals surface area contributed by atoms with Gasteiger partial charge in [0.15, 0.2) is 0 Å². The van der Waals surface area contributed by atoms with Crippen molar-refractivity contribution in [3.63, 3.8) is 0 Å². The highest BCUT2D eigenvalue weighted by Gasteiger charge is 2.31. The van der Waals surface area contributed by atoms with Crippen molar-refractivity contribution in [3.8, 4) is 0 Å². The Morgan fingerprint density at radius 1 is 1.47 bits per heavy atom. The molecular weight excluding hydrogens is 236 g/mol.